The summed E-state index contributed by atoms with van der Waals surface area (Å²) in [6, 6.07) is 11.8. The van der Waals surface area contributed by atoms with Crippen molar-refractivity contribution in [3.05, 3.63) is 48.2 Å². The first kappa shape index (κ1) is 15.2. The van der Waals surface area contributed by atoms with Gasteiger partial charge in [-0.25, -0.2) is 0 Å². The molecule has 2 aromatic carbocycles. The molecule has 0 aliphatic carbocycles. The Morgan fingerprint density at radius 3 is 2.88 bits per heavy atom. The first-order valence-electron chi connectivity index (χ1n) is 8.09. The van der Waals surface area contributed by atoms with E-state index in [1.54, 1.807) is 6.20 Å². The van der Waals surface area contributed by atoms with Crippen molar-refractivity contribution in [2.45, 2.75) is 13.8 Å². The molecule has 25 heavy (non-hydrogen) atoms. The molecule has 4 aromatic rings. The first-order chi connectivity index (χ1) is 12.2. The van der Waals surface area contributed by atoms with Gasteiger partial charge in [0.25, 0.3) is 0 Å². The van der Waals surface area contributed by atoms with Crippen LogP contribution in [0.25, 0.3) is 22.3 Å². The van der Waals surface area contributed by atoms with E-state index in [-0.39, 0.29) is 0 Å². The summed E-state index contributed by atoms with van der Waals surface area (Å²) in [6.45, 7) is 4.65. The molecular formula is C18H18N6O. The summed E-state index contributed by atoms with van der Waals surface area (Å²) < 4.78 is 5.52. The van der Waals surface area contributed by atoms with Crippen LogP contribution in [0, 0.1) is 6.92 Å². The summed E-state index contributed by atoms with van der Waals surface area (Å²) in [5, 5.41) is 18.4. The molecule has 2 aromatic heterocycles. The highest BCUT2D eigenvalue weighted by molar-refractivity contribution is 5.82. The van der Waals surface area contributed by atoms with Gasteiger partial charge in [-0.05, 0) is 55.8 Å². The van der Waals surface area contributed by atoms with Crippen LogP contribution in [0.15, 0.2) is 42.6 Å². The third-order valence-corrected chi connectivity index (χ3v) is 3.95. The lowest BCUT2D eigenvalue weighted by molar-refractivity contribution is 0.340. The molecular weight excluding hydrogens is 316 g/mol. The van der Waals surface area contributed by atoms with E-state index in [9.17, 15) is 0 Å². The van der Waals surface area contributed by atoms with Crippen molar-refractivity contribution < 1.29 is 4.74 Å². The molecule has 0 aliphatic rings. The van der Waals surface area contributed by atoms with Gasteiger partial charge in [-0.2, -0.15) is 10.1 Å². The molecule has 2 heterocycles. The van der Waals surface area contributed by atoms with Crippen LogP contribution in [0.1, 0.15) is 12.5 Å². The average molecular weight is 334 g/mol. The predicted octanol–water partition coefficient (Wildman–Crippen LogP) is 3.80. The molecule has 0 spiro atoms. The molecule has 3 N–H and O–H groups in total. The molecule has 0 fully saturated rings. The zero-order valence-electron chi connectivity index (χ0n) is 14.0. The maximum absolute atomic E-state index is 5.52. The standard InChI is InChI=1S/C18H18N6O/c1-3-25-14-5-6-15(11(2)8-14)17-21-18(24-23-17)20-13-4-7-16-12(9-13)10-19-22-16/h4-10H,3H2,1-2H3,(H,19,22)(H2,20,21,23,24). The first-order valence-corrected chi connectivity index (χ1v) is 8.09. The Hall–Kier alpha value is -3.35. The smallest absolute Gasteiger partial charge is 0.246 e. The van der Waals surface area contributed by atoms with Crippen LogP contribution in [-0.2, 0) is 0 Å². The van der Waals surface area contributed by atoms with E-state index in [1.165, 1.54) is 0 Å². The van der Waals surface area contributed by atoms with Gasteiger partial charge in [0, 0.05) is 16.6 Å². The molecule has 0 amide bonds. The van der Waals surface area contributed by atoms with Crippen LogP contribution in [0.2, 0.25) is 0 Å². The Labute approximate surface area is 144 Å². The maximum Gasteiger partial charge on any atom is 0.246 e. The number of hydrogen-bond donors (Lipinski definition) is 3. The largest absolute Gasteiger partial charge is 0.494 e. The summed E-state index contributed by atoms with van der Waals surface area (Å²) in [5.74, 6) is 2.09. The number of nitrogens with zero attached hydrogens (tertiary/aromatic N) is 3. The van der Waals surface area contributed by atoms with Crippen LogP contribution < -0.4 is 10.1 Å². The zero-order valence-corrected chi connectivity index (χ0v) is 14.0. The van der Waals surface area contributed by atoms with E-state index in [0.717, 1.165) is 33.5 Å². The van der Waals surface area contributed by atoms with Gasteiger partial charge in [0.05, 0.1) is 18.3 Å². The molecule has 0 radical (unpaired) electrons. The van der Waals surface area contributed by atoms with E-state index in [4.69, 9.17) is 4.74 Å². The summed E-state index contributed by atoms with van der Waals surface area (Å²) in [4.78, 5) is 4.54. The van der Waals surface area contributed by atoms with Crippen LogP contribution in [-0.4, -0.2) is 32.0 Å². The van der Waals surface area contributed by atoms with Gasteiger partial charge in [-0.3, -0.25) is 10.2 Å². The Balaban J connectivity index is 1.57. The van der Waals surface area contributed by atoms with Crippen molar-refractivity contribution in [1.29, 1.82) is 0 Å². The van der Waals surface area contributed by atoms with Crippen molar-refractivity contribution in [2.75, 3.05) is 11.9 Å². The van der Waals surface area contributed by atoms with Crippen LogP contribution in [0.5, 0.6) is 5.75 Å². The lowest BCUT2D eigenvalue weighted by Crippen LogP contribution is -1.93. The monoisotopic (exact) mass is 334 g/mol. The lowest BCUT2D eigenvalue weighted by Gasteiger charge is -2.06. The molecule has 0 atom stereocenters. The summed E-state index contributed by atoms with van der Waals surface area (Å²) in [5.41, 5.74) is 3.97. The average Bonchev–Trinajstić information content (AvgIpc) is 3.24. The zero-order chi connectivity index (χ0) is 17.2. The Morgan fingerprint density at radius 1 is 1.12 bits per heavy atom. The second kappa shape index (κ2) is 6.27. The summed E-state index contributed by atoms with van der Waals surface area (Å²) in [6.07, 6.45) is 1.78. The van der Waals surface area contributed by atoms with Gasteiger partial charge in [0.2, 0.25) is 5.95 Å². The fourth-order valence-corrected chi connectivity index (χ4v) is 2.75. The minimum absolute atomic E-state index is 0.520. The minimum atomic E-state index is 0.520. The maximum atomic E-state index is 5.52. The number of anilines is 2. The van der Waals surface area contributed by atoms with Gasteiger partial charge in [0.15, 0.2) is 5.82 Å². The molecule has 0 bridgehead atoms. The number of rotatable bonds is 5. The van der Waals surface area contributed by atoms with Gasteiger partial charge in [-0.1, -0.05) is 0 Å². The second-order valence-corrected chi connectivity index (χ2v) is 5.71. The third-order valence-electron chi connectivity index (χ3n) is 3.95. The third kappa shape index (κ3) is 3.03. The van der Waals surface area contributed by atoms with Crippen LogP contribution >= 0.6 is 0 Å². The van der Waals surface area contributed by atoms with E-state index in [0.29, 0.717) is 18.4 Å². The number of H-pyrrole nitrogens is 2. The number of fused-ring (bicyclic) bond motifs is 1. The normalized spacial score (nSPS) is 11.0. The van der Waals surface area contributed by atoms with E-state index >= 15 is 0 Å². The molecule has 4 rings (SSSR count). The van der Waals surface area contributed by atoms with E-state index in [1.807, 2.05) is 50.2 Å². The summed E-state index contributed by atoms with van der Waals surface area (Å²) >= 11 is 0. The topological polar surface area (TPSA) is 91.5 Å². The predicted molar refractivity (Wildman–Crippen MR) is 97.1 cm³/mol. The fourth-order valence-electron chi connectivity index (χ4n) is 2.75. The van der Waals surface area contributed by atoms with Gasteiger partial charge in [0.1, 0.15) is 5.75 Å². The minimum Gasteiger partial charge on any atom is -0.494 e. The van der Waals surface area contributed by atoms with Crippen molar-refractivity contribution in [2.24, 2.45) is 0 Å². The van der Waals surface area contributed by atoms with Gasteiger partial charge in [-0.15, -0.1) is 5.10 Å². The number of ether oxygens (including phenoxy) is 1. The lowest BCUT2D eigenvalue weighted by atomic mass is 10.1. The Kier molecular flexibility index (Phi) is 3.81. The summed E-state index contributed by atoms with van der Waals surface area (Å²) in [7, 11) is 0. The molecule has 0 saturated heterocycles. The SMILES string of the molecule is CCOc1ccc(-c2nc(Nc3ccc4[nH]ncc4c3)n[nH]2)c(C)c1. The number of nitrogens with one attached hydrogen (secondary N) is 3. The Bertz CT molecular complexity index is 1020. The molecule has 126 valence electrons. The number of aryl methyl sites for hydroxylation is 1. The van der Waals surface area contributed by atoms with Crippen molar-refractivity contribution in [3.8, 4) is 17.1 Å². The van der Waals surface area contributed by atoms with Crippen molar-refractivity contribution in [1.82, 2.24) is 25.4 Å². The highest BCUT2D eigenvalue weighted by Crippen LogP contribution is 2.26. The highest BCUT2D eigenvalue weighted by atomic mass is 16.5. The Morgan fingerprint density at radius 2 is 2.04 bits per heavy atom. The van der Waals surface area contributed by atoms with Crippen molar-refractivity contribution in [3.63, 3.8) is 0 Å². The molecule has 7 nitrogen and oxygen atoms in total. The van der Waals surface area contributed by atoms with Gasteiger partial charge < -0.3 is 10.1 Å². The molecule has 7 heteroatoms. The van der Waals surface area contributed by atoms with Crippen LogP contribution in [0.3, 0.4) is 0 Å². The van der Waals surface area contributed by atoms with Crippen LogP contribution in [0.4, 0.5) is 11.6 Å². The highest BCUT2D eigenvalue weighted by Gasteiger charge is 2.10. The number of hydrogen-bond acceptors (Lipinski definition) is 5. The molecule has 0 saturated carbocycles. The number of benzene rings is 2. The molecule has 0 unspecified atom stereocenters. The number of aromatic amines is 2. The second-order valence-electron chi connectivity index (χ2n) is 5.71. The van der Waals surface area contributed by atoms with Crippen molar-refractivity contribution >= 4 is 22.5 Å². The van der Waals surface area contributed by atoms with Gasteiger partial charge >= 0.3 is 0 Å². The fraction of sp³-hybridized carbons (Fsp3) is 0.167. The van der Waals surface area contributed by atoms with E-state index < -0.39 is 0 Å². The number of aromatic nitrogens is 5. The molecule has 0 aliphatic heterocycles. The quantitative estimate of drug-likeness (QED) is 0.516. The van der Waals surface area contributed by atoms with E-state index in [2.05, 4.69) is 30.7 Å².